The number of fused-ring (bicyclic) bond motifs is 5. The Morgan fingerprint density at radius 3 is 1.52 bits per heavy atom. The first-order valence-electron chi connectivity index (χ1n) is 16.3. The molecule has 0 aliphatic carbocycles. The molecule has 0 aliphatic heterocycles. The number of thiophene rings is 1. The first kappa shape index (κ1) is 28.3. The minimum Gasteiger partial charge on any atom is -0.311 e. The summed E-state index contributed by atoms with van der Waals surface area (Å²) in [6, 6.07) is 68.0. The summed E-state index contributed by atoms with van der Waals surface area (Å²) in [6.45, 7) is 0. The van der Waals surface area contributed by atoms with E-state index in [0.29, 0.717) is 0 Å². The minimum absolute atomic E-state index is 1.12. The highest BCUT2D eigenvalue weighted by Crippen LogP contribution is 2.40. The SMILES string of the molecule is c1ccc(-c2cccc(-c3ccc(N(c4ccccc4)c4ccc(-c5ccc6c(ccc7sc8ccccc8c76)c5)cc4)cc3)c2)cc1. The summed E-state index contributed by atoms with van der Waals surface area (Å²) in [5.74, 6) is 0. The van der Waals surface area contributed by atoms with Gasteiger partial charge in [-0.3, -0.25) is 0 Å². The van der Waals surface area contributed by atoms with E-state index in [-0.39, 0.29) is 0 Å². The lowest BCUT2D eigenvalue weighted by Crippen LogP contribution is -2.09. The molecular formula is C46H31NS. The fourth-order valence-electron chi connectivity index (χ4n) is 6.87. The molecule has 0 saturated carbocycles. The predicted molar refractivity (Wildman–Crippen MR) is 208 cm³/mol. The van der Waals surface area contributed by atoms with E-state index >= 15 is 0 Å². The van der Waals surface area contributed by atoms with Crippen molar-refractivity contribution in [1.82, 2.24) is 0 Å². The monoisotopic (exact) mass is 629 g/mol. The molecule has 8 aromatic carbocycles. The average molecular weight is 630 g/mol. The first-order valence-corrected chi connectivity index (χ1v) is 17.2. The van der Waals surface area contributed by atoms with Crippen molar-refractivity contribution in [1.29, 1.82) is 0 Å². The number of nitrogens with zero attached hydrogens (tertiary/aromatic N) is 1. The molecule has 0 aliphatic rings. The molecule has 9 aromatic rings. The average Bonchev–Trinajstić information content (AvgIpc) is 3.55. The highest BCUT2D eigenvalue weighted by molar-refractivity contribution is 7.26. The fourth-order valence-corrected chi connectivity index (χ4v) is 7.99. The molecule has 0 N–H and O–H groups in total. The lowest BCUT2D eigenvalue weighted by molar-refractivity contribution is 1.28. The quantitative estimate of drug-likeness (QED) is 0.177. The zero-order chi connectivity index (χ0) is 31.9. The number of benzene rings is 8. The van der Waals surface area contributed by atoms with Crippen LogP contribution in [0.3, 0.4) is 0 Å². The van der Waals surface area contributed by atoms with Gasteiger partial charge in [-0.15, -0.1) is 11.3 Å². The molecule has 226 valence electrons. The van der Waals surface area contributed by atoms with Gasteiger partial charge in [0.1, 0.15) is 0 Å². The summed E-state index contributed by atoms with van der Waals surface area (Å²) in [7, 11) is 0. The standard InChI is InChI=1S/C46H31NS/c1-3-10-32(11-4-1)35-12-9-13-36(30-35)33-18-24-40(25-19-33)47(39-14-5-2-6-15-39)41-26-20-34(21-27-41)37-22-28-42-38(31-37)23-29-45-46(42)43-16-7-8-17-44(43)48-45/h1-31H. The second-order valence-electron chi connectivity index (χ2n) is 12.2. The van der Waals surface area contributed by atoms with E-state index in [0.717, 1.165) is 17.1 Å². The molecule has 1 aromatic heterocycles. The van der Waals surface area contributed by atoms with Gasteiger partial charge >= 0.3 is 0 Å². The maximum Gasteiger partial charge on any atom is 0.0462 e. The summed E-state index contributed by atoms with van der Waals surface area (Å²) in [5.41, 5.74) is 10.7. The number of para-hydroxylation sites is 1. The van der Waals surface area contributed by atoms with E-state index in [1.807, 2.05) is 11.3 Å². The van der Waals surface area contributed by atoms with Crippen molar-refractivity contribution < 1.29 is 0 Å². The molecular weight excluding hydrogens is 599 g/mol. The van der Waals surface area contributed by atoms with Gasteiger partial charge in [-0.2, -0.15) is 0 Å². The zero-order valence-corrected chi connectivity index (χ0v) is 27.1. The van der Waals surface area contributed by atoms with Gasteiger partial charge in [0.05, 0.1) is 0 Å². The molecule has 0 unspecified atom stereocenters. The van der Waals surface area contributed by atoms with Crippen LogP contribution in [0.5, 0.6) is 0 Å². The number of rotatable bonds is 6. The Balaban J connectivity index is 1.05. The molecule has 48 heavy (non-hydrogen) atoms. The van der Waals surface area contributed by atoms with Crippen LogP contribution in [0.25, 0.3) is 64.3 Å². The highest BCUT2D eigenvalue weighted by Gasteiger charge is 2.14. The highest BCUT2D eigenvalue weighted by atomic mass is 32.1. The van der Waals surface area contributed by atoms with Crippen LogP contribution in [0.1, 0.15) is 0 Å². The summed E-state index contributed by atoms with van der Waals surface area (Å²) in [5, 5.41) is 5.29. The smallest absolute Gasteiger partial charge is 0.0462 e. The van der Waals surface area contributed by atoms with Crippen LogP contribution in [-0.2, 0) is 0 Å². The molecule has 0 radical (unpaired) electrons. The Bertz CT molecular complexity index is 2530. The Labute approximate surface area is 284 Å². The third kappa shape index (κ3) is 5.13. The maximum atomic E-state index is 2.33. The van der Waals surface area contributed by atoms with Gasteiger partial charge in [-0.1, -0.05) is 127 Å². The summed E-state index contributed by atoms with van der Waals surface area (Å²) in [6.07, 6.45) is 0. The summed E-state index contributed by atoms with van der Waals surface area (Å²) >= 11 is 1.87. The second-order valence-corrected chi connectivity index (χ2v) is 13.3. The molecule has 1 heterocycles. The molecule has 9 rings (SSSR count). The normalized spacial score (nSPS) is 11.3. The van der Waals surface area contributed by atoms with E-state index in [1.165, 1.54) is 64.3 Å². The molecule has 1 nitrogen and oxygen atoms in total. The van der Waals surface area contributed by atoms with Crippen molar-refractivity contribution >= 4 is 59.3 Å². The van der Waals surface area contributed by atoms with Gasteiger partial charge in [0.15, 0.2) is 0 Å². The largest absolute Gasteiger partial charge is 0.311 e. The van der Waals surface area contributed by atoms with Crippen LogP contribution in [0.15, 0.2) is 188 Å². The Morgan fingerprint density at radius 2 is 0.833 bits per heavy atom. The van der Waals surface area contributed by atoms with E-state index < -0.39 is 0 Å². The van der Waals surface area contributed by atoms with Crippen LogP contribution in [0, 0.1) is 0 Å². The third-order valence-corrected chi connectivity index (χ3v) is 10.4. The molecule has 0 saturated heterocycles. The van der Waals surface area contributed by atoms with Gasteiger partial charge < -0.3 is 4.90 Å². The molecule has 2 heteroatoms. The van der Waals surface area contributed by atoms with Gasteiger partial charge in [0.2, 0.25) is 0 Å². The van der Waals surface area contributed by atoms with Crippen molar-refractivity contribution in [3.8, 4) is 33.4 Å². The molecule has 0 amide bonds. The van der Waals surface area contributed by atoms with E-state index in [9.17, 15) is 0 Å². The maximum absolute atomic E-state index is 2.33. The number of anilines is 3. The first-order chi connectivity index (χ1) is 23.8. The molecule has 0 spiro atoms. The second kappa shape index (κ2) is 12.0. The lowest BCUT2D eigenvalue weighted by Gasteiger charge is -2.26. The van der Waals surface area contributed by atoms with Crippen LogP contribution in [0.2, 0.25) is 0 Å². The van der Waals surface area contributed by atoms with E-state index in [2.05, 4.69) is 193 Å². The summed E-state index contributed by atoms with van der Waals surface area (Å²) < 4.78 is 2.69. The fraction of sp³-hybridized carbons (Fsp3) is 0. The summed E-state index contributed by atoms with van der Waals surface area (Å²) in [4.78, 5) is 2.33. The Morgan fingerprint density at radius 1 is 0.312 bits per heavy atom. The van der Waals surface area contributed by atoms with Crippen molar-refractivity contribution in [3.05, 3.63) is 188 Å². The third-order valence-electron chi connectivity index (χ3n) is 9.26. The number of hydrogen-bond donors (Lipinski definition) is 0. The lowest BCUT2D eigenvalue weighted by atomic mass is 9.98. The van der Waals surface area contributed by atoms with Crippen molar-refractivity contribution in [3.63, 3.8) is 0 Å². The van der Waals surface area contributed by atoms with Crippen LogP contribution in [-0.4, -0.2) is 0 Å². The van der Waals surface area contributed by atoms with Gasteiger partial charge in [-0.05, 0) is 105 Å². The van der Waals surface area contributed by atoms with E-state index in [4.69, 9.17) is 0 Å². The van der Waals surface area contributed by atoms with Gasteiger partial charge in [0.25, 0.3) is 0 Å². The van der Waals surface area contributed by atoms with Crippen LogP contribution in [0.4, 0.5) is 17.1 Å². The van der Waals surface area contributed by atoms with Crippen molar-refractivity contribution in [2.75, 3.05) is 4.90 Å². The molecule has 0 atom stereocenters. The number of hydrogen-bond acceptors (Lipinski definition) is 2. The molecule has 0 bridgehead atoms. The Kier molecular flexibility index (Phi) is 7.07. The molecule has 0 fully saturated rings. The predicted octanol–water partition coefficient (Wildman–Crippen LogP) is 13.7. The van der Waals surface area contributed by atoms with Crippen molar-refractivity contribution in [2.24, 2.45) is 0 Å². The van der Waals surface area contributed by atoms with Crippen LogP contribution >= 0.6 is 11.3 Å². The van der Waals surface area contributed by atoms with Gasteiger partial charge in [-0.25, -0.2) is 0 Å². The van der Waals surface area contributed by atoms with Crippen molar-refractivity contribution in [2.45, 2.75) is 0 Å². The van der Waals surface area contributed by atoms with Crippen LogP contribution < -0.4 is 4.90 Å². The zero-order valence-electron chi connectivity index (χ0n) is 26.3. The Hall–Kier alpha value is -5.96. The van der Waals surface area contributed by atoms with Gasteiger partial charge in [0, 0.05) is 37.2 Å². The topological polar surface area (TPSA) is 3.24 Å². The minimum atomic E-state index is 1.12. The van der Waals surface area contributed by atoms with E-state index in [1.54, 1.807) is 0 Å².